The van der Waals surface area contributed by atoms with Crippen LogP contribution in [-0.2, 0) is 13.6 Å². The molecular weight excluding hydrogens is 236 g/mol. The van der Waals surface area contributed by atoms with Crippen LogP contribution in [0.25, 0.3) is 11.2 Å². The van der Waals surface area contributed by atoms with Gasteiger partial charge >= 0.3 is 0 Å². The number of hydrogen-bond acceptors (Lipinski definition) is 2. The molecule has 0 saturated heterocycles. The number of alkyl halides is 1. The van der Waals surface area contributed by atoms with Crippen molar-refractivity contribution in [1.29, 1.82) is 0 Å². The summed E-state index contributed by atoms with van der Waals surface area (Å²) in [7, 11) is 1.96. The van der Waals surface area contributed by atoms with Gasteiger partial charge in [0.2, 0.25) is 0 Å². The average Bonchev–Trinajstić information content (AvgIpc) is 2.76. The van der Waals surface area contributed by atoms with Crippen molar-refractivity contribution in [3.05, 3.63) is 11.5 Å². The second-order valence-corrected chi connectivity index (χ2v) is 5.13. The van der Waals surface area contributed by atoms with Crippen molar-refractivity contribution >= 4 is 22.8 Å². The van der Waals surface area contributed by atoms with Crippen LogP contribution in [0.15, 0.2) is 0 Å². The minimum Gasteiger partial charge on any atom is -0.312 e. The second kappa shape index (κ2) is 4.69. The normalized spacial score (nSPS) is 13.5. The van der Waals surface area contributed by atoms with E-state index in [4.69, 9.17) is 11.6 Å². The zero-order valence-electron chi connectivity index (χ0n) is 10.9. The fourth-order valence-electron chi connectivity index (χ4n) is 2.19. The molecule has 0 bridgehead atoms. The molecule has 2 aromatic rings. The third-order valence-corrected chi connectivity index (χ3v) is 3.21. The molecule has 94 valence electrons. The van der Waals surface area contributed by atoms with Crippen molar-refractivity contribution in [2.45, 2.75) is 45.5 Å². The van der Waals surface area contributed by atoms with Crippen LogP contribution in [0.2, 0.25) is 0 Å². The van der Waals surface area contributed by atoms with E-state index in [1.54, 1.807) is 0 Å². The molecule has 1 unspecified atom stereocenters. The number of halogens is 1. The lowest BCUT2D eigenvalue weighted by Gasteiger charge is -2.10. The monoisotopic (exact) mass is 254 g/mol. The maximum Gasteiger partial charge on any atom is 0.158 e. The first-order valence-corrected chi connectivity index (χ1v) is 6.53. The van der Waals surface area contributed by atoms with Crippen LogP contribution in [0.1, 0.15) is 43.6 Å². The third-order valence-electron chi connectivity index (χ3n) is 3.01. The first-order valence-electron chi connectivity index (χ1n) is 6.10. The van der Waals surface area contributed by atoms with Gasteiger partial charge in [-0.05, 0) is 20.3 Å². The van der Waals surface area contributed by atoms with Gasteiger partial charge in [-0.25, -0.2) is 4.98 Å². The van der Waals surface area contributed by atoms with Crippen LogP contribution < -0.4 is 0 Å². The predicted octanol–water partition coefficient (Wildman–Crippen LogP) is 3.18. The van der Waals surface area contributed by atoms with E-state index in [-0.39, 0.29) is 5.38 Å². The summed E-state index contributed by atoms with van der Waals surface area (Å²) in [6, 6.07) is 0. The van der Waals surface area contributed by atoms with Gasteiger partial charge < -0.3 is 4.57 Å². The molecular formula is C12H19ClN4. The molecule has 2 heterocycles. The molecule has 0 aromatic carbocycles. The van der Waals surface area contributed by atoms with Crippen LogP contribution in [0.3, 0.4) is 0 Å². The van der Waals surface area contributed by atoms with E-state index in [2.05, 4.69) is 21.6 Å². The highest BCUT2D eigenvalue weighted by molar-refractivity contribution is 6.20. The molecule has 0 N–H and O–H groups in total. The van der Waals surface area contributed by atoms with Crippen molar-refractivity contribution in [2.24, 2.45) is 7.05 Å². The van der Waals surface area contributed by atoms with E-state index in [1.165, 1.54) is 0 Å². The van der Waals surface area contributed by atoms with Crippen molar-refractivity contribution in [2.75, 3.05) is 0 Å². The van der Waals surface area contributed by atoms with E-state index >= 15 is 0 Å². The Kier molecular flexibility index (Phi) is 3.43. The Morgan fingerprint density at radius 3 is 2.71 bits per heavy atom. The van der Waals surface area contributed by atoms with Crippen LogP contribution in [0.4, 0.5) is 0 Å². The zero-order valence-corrected chi connectivity index (χ0v) is 11.6. The number of hydrogen-bond donors (Lipinski definition) is 0. The number of aromatic nitrogens is 4. The summed E-state index contributed by atoms with van der Waals surface area (Å²) < 4.78 is 4.10. The molecule has 0 fully saturated rings. The molecule has 0 radical (unpaired) electrons. The molecule has 0 spiro atoms. The number of nitrogens with zero attached hydrogens (tertiary/aromatic N) is 4. The summed E-state index contributed by atoms with van der Waals surface area (Å²) in [5.41, 5.74) is 3.03. The van der Waals surface area contributed by atoms with Gasteiger partial charge in [0.1, 0.15) is 11.3 Å². The smallest absolute Gasteiger partial charge is 0.158 e. The molecule has 2 rings (SSSR count). The Bertz CT molecular complexity index is 524. The maximum atomic E-state index is 6.21. The summed E-state index contributed by atoms with van der Waals surface area (Å²) in [5, 5.41) is 4.34. The van der Waals surface area contributed by atoms with Crippen LogP contribution in [-0.4, -0.2) is 19.3 Å². The lowest BCUT2D eigenvalue weighted by atomic mass is 10.3. The largest absolute Gasteiger partial charge is 0.312 e. The average molecular weight is 255 g/mol. The van der Waals surface area contributed by atoms with E-state index in [9.17, 15) is 0 Å². The first kappa shape index (κ1) is 12.4. The molecule has 17 heavy (non-hydrogen) atoms. The quantitative estimate of drug-likeness (QED) is 0.786. The topological polar surface area (TPSA) is 35.6 Å². The number of rotatable bonds is 4. The van der Waals surface area contributed by atoms with Crippen molar-refractivity contribution < 1.29 is 0 Å². The Labute approximate surface area is 107 Å². The maximum absolute atomic E-state index is 6.21. The van der Waals surface area contributed by atoms with Gasteiger partial charge in [0.15, 0.2) is 5.65 Å². The summed E-state index contributed by atoms with van der Waals surface area (Å²) in [5.74, 6) is 0.950. The van der Waals surface area contributed by atoms with Crippen molar-refractivity contribution in [3.63, 3.8) is 0 Å². The lowest BCUT2D eigenvalue weighted by molar-refractivity contribution is 0.597. The minimum atomic E-state index is -0.0707. The Morgan fingerprint density at radius 1 is 1.41 bits per heavy atom. The summed E-state index contributed by atoms with van der Waals surface area (Å²) in [6.45, 7) is 7.10. The fourth-order valence-corrected chi connectivity index (χ4v) is 2.36. The van der Waals surface area contributed by atoms with Gasteiger partial charge in [-0.1, -0.05) is 13.3 Å². The molecule has 5 heteroatoms. The molecule has 0 saturated carbocycles. The number of aryl methyl sites for hydroxylation is 3. The van der Waals surface area contributed by atoms with Gasteiger partial charge in [-0.15, -0.1) is 11.6 Å². The van der Waals surface area contributed by atoms with Gasteiger partial charge in [0.05, 0.1) is 11.1 Å². The Morgan fingerprint density at radius 2 is 2.12 bits per heavy atom. The predicted molar refractivity (Wildman–Crippen MR) is 70.4 cm³/mol. The molecule has 0 aliphatic heterocycles. The van der Waals surface area contributed by atoms with Crippen molar-refractivity contribution in [3.8, 4) is 0 Å². The summed E-state index contributed by atoms with van der Waals surface area (Å²) >= 11 is 6.21. The van der Waals surface area contributed by atoms with E-state index < -0.39 is 0 Å². The third kappa shape index (κ3) is 2.06. The summed E-state index contributed by atoms with van der Waals surface area (Å²) in [4.78, 5) is 4.63. The molecule has 2 aromatic heterocycles. The highest BCUT2D eigenvalue weighted by atomic mass is 35.5. The van der Waals surface area contributed by atoms with Crippen molar-refractivity contribution in [1.82, 2.24) is 19.3 Å². The number of fused-ring (bicyclic) bond motifs is 1. The van der Waals surface area contributed by atoms with Crippen LogP contribution >= 0.6 is 11.6 Å². The SMILES string of the molecule is CCCCn1c(C(C)Cl)nc2c(C)nn(C)c21. The van der Waals surface area contributed by atoms with Gasteiger partial charge in [-0.3, -0.25) is 4.68 Å². The highest BCUT2D eigenvalue weighted by Crippen LogP contribution is 2.26. The summed E-state index contributed by atoms with van der Waals surface area (Å²) in [6.07, 6.45) is 2.29. The molecule has 4 nitrogen and oxygen atoms in total. The van der Waals surface area contributed by atoms with Crippen LogP contribution in [0.5, 0.6) is 0 Å². The van der Waals surface area contributed by atoms with Crippen LogP contribution in [0, 0.1) is 6.92 Å². The van der Waals surface area contributed by atoms with Gasteiger partial charge in [0, 0.05) is 13.6 Å². The fraction of sp³-hybridized carbons (Fsp3) is 0.667. The highest BCUT2D eigenvalue weighted by Gasteiger charge is 2.19. The first-order chi connectivity index (χ1) is 8.06. The second-order valence-electron chi connectivity index (χ2n) is 4.47. The van der Waals surface area contributed by atoms with Gasteiger partial charge in [0.25, 0.3) is 0 Å². The molecule has 0 aliphatic rings. The zero-order chi connectivity index (χ0) is 12.6. The lowest BCUT2D eigenvalue weighted by Crippen LogP contribution is -2.08. The van der Waals surface area contributed by atoms with E-state index in [0.29, 0.717) is 0 Å². The Hall–Kier alpha value is -1.03. The molecule has 1 atom stereocenters. The molecule has 0 aliphatic carbocycles. The molecule has 0 amide bonds. The number of imidazole rings is 1. The standard InChI is InChI=1S/C12H19ClN4/c1-5-6-7-17-11(8(2)13)14-10-9(3)15-16(4)12(10)17/h8H,5-7H2,1-4H3. The minimum absolute atomic E-state index is 0.0707. The Balaban J connectivity index is 2.60. The number of unbranched alkanes of at least 4 members (excludes halogenated alkanes) is 1. The van der Waals surface area contributed by atoms with E-state index in [0.717, 1.165) is 42.1 Å². The van der Waals surface area contributed by atoms with Gasteiger partial charge in [-0.2, -0.15) is 5.10 Å². The van der Waals surface area contributed by atoms with E-state index in [1.807, 2.05) is 25.6 Å².